The van der Waals surface area contributed by atoms with Crippen molar-refractivity contribution in [3.63, 3.8) is 0 Å². The summed E-state index contributed by atoms with van der Waals surface area (Å²) in [5, 5.41) is 8.96. The number of aliphatic hydroxyl groups excluding tert-OH is 1. The lowest BCUT2D eigenvalue weighted by atomic mass is 9.89. The van der Waals surface area contributed by atoms with Crippen molar-refractivity contribution in [2.75, 3.05) is 19.7 Å². The number of likely N-dealkylation sites (tertiary alicyclic amines) is 1. The van der Waals surface area contributed by atoms with Gasteiger partial charge >= 0.3 is 0 Å². The summed E-state index contributed by atoms with van der Waals surface area (Å²) in [6, 6.07) is 6.06. The second-order valence-electron chi connectivity index (χ2n) is 5.74. The van der Waals surface area contributed by atoms with Crippen LogP contribution in [0, 0.1) is 17.8 Å². The maximum absolute atomic E-state index is 11.6. The number of rotatable bonds is 3. The summed E-state index contributed by atoms with van der Waals surface area (Å²) in [6.07, 6.45) is 5.31. The molecule has 0 bridgehead atoms. The monoisotopic (exact) mass is 260 g/mol. The first-order valence-corrected chi connectivity index (χ1v) is 7.06. The zero-order chi connectivity index (χ0) is 13.2. The van der Waals surface area contributed by atoms with Crippen molar-refractivity contribution >= 4 is 5.91 Å². The van der Waals surface area contributed by atoms with Gasteiger partial charge in [-0.05, 0) is 49.1 Å². The van der Waals surface area contributed by atoms with Crippen molar-refractivity contribution in [3.05, 3.63) is 30.1 Å². The third-order valence-electron chi connectivity index (χ3n) is 4.69. The molecule has 1 N–H and O–H groups in total. The number of fused-ring (bicyclic) bond motifs is 1. The summed E-state index contributed by atoms with van der Waals surface area (Å²) in [6.45, 7) is 1.30. The highest BCUT2D eigenvalue weighted by Crippen LogP contribution is 2.43. The Bertz CT molecular complexity index is 449. The lowest BCUT2D eigenvalue weighted by Crippen LogP contribution is -2.32. The fourth-order valence-electron chi connectivity index (χ4n) is 3.72. The molecule has 0 aromatic carbocycles. The lowest BCUT2D eigenvalue weighted by molar-refractivity contribution is -0.133. The second kappa shape index (κ2) is 5.29. The van der Waals surface area contributed by atoms with Gasteiger partial charge in [-0.25, -0.2) is 0 Å². The van der Waals surface area contributed by atoms with Gasteiger partial charge < -0.3 is 10.0 Å². The highest BCUT2D eigenvalue weighted by molar-refractivity contribution is 5.77. The van der Waals surface area contributed by atoms with Crippen LogP contribution in [0.25, 0.3) is 0 Å². The van der Waals surface area contributed by atoms with Crippen LogP contribution in [0.1, 0.15) is 18.5 Å². The van der Waals surface area contributed by atoms with Gasteiger partial charge in [0.25, 0.3) is 0 Å². The molecule has 0 unspecified atom stereocenters. The first-order valence-electron chi connectivity index (χ1n) is 7.06. The average Bonchev–Trinajstić information content (AvgIpc) is 3.01. The zero-order valence-electron chi connectivity index (χ0n) is 11.0. The topological polar surface area (TPSA) is 53.4 Å². The highest BCUT2D eigenvalue weighted by atomic mass is 16.3. The Balaban J connectivity index is 1.65. The molecule has 4 heteroatoms. The van der Waals surface area contributed by atoms with Gasteiger partial charge in [-0.15, -0.1) is 0 Å². The van der Waals surface area contributed by atoms with Gasteiger partial charge in [0.15, 0.2) is 0 Å². The average molecular weight is 260 g/mol. The van der Waals surface area contributed by atoms with E-state index in [1.54, 1.807) is 0 Å². The molecule has 0 spiro atoms. The molecule has 0 radical (unpaired) electrons. The quantitative estimate of drug-likeness (QED) is 0.885. The third-order valence-corrected chi connectivity index (χ3v) is 4.69. The van der Waals surface area contributed by atoms with Crippen LogP contribution in [0.15, 0.2) is 24.4 Å². The van der Waals surface area contributed by atoms with E-state index in [0.29, 0.717) is 17.8 Å². The molecule has 1 aliphatic heterocycles. The predicted octanol–water partition coefficient (Wildman–Crippen LogP) is 1.10. The van der Waals surface area contributed by atoms with E-state index in [2.05, 4.69) is 11.1 Å². The molecule has 1 aliphatic carbocycles. The fourth-order valence-corrected chi connectivity index (χ4v) is 3.72. The van der Waals surface area contributed by atoms with E-state index >= 15 is 0 Å². The normalized spacial score (nSPS) is 29.5. The molecule has 1 aromatic heterocycles. The summed E-state index contributed by atoms with van der Waals surface area (Å²) < 4.78 is 0. The standard InChI is InChI=1S/C15H20N2O2/c18-10-15(19)17-8-12-5-4-11(14(12)9-17)7-13-3-1-2-6-16-13/h1-3,6,11-12,14,18H,4-5,7-10H2/t11-,12-,14-/m1/s1. The van der Waals surface area contributed by atoms with Gasteiger partial charge in [0.05, 0.1) is 0 Å². The number of carbonyl (C=O) groups excluding carboxylic acids is 1. The summed E-state index contributed by atoms with van der Waals surface area (Å²) in [7, 11) is 0. The number of aromatic nitrogens is 1. The Labute approximate surface area is 113 Å². The van der Waals surface area contributed by atoms with Gasteiger partial charge in [0.2, 0.25) is 5.91 Å². The molecule has 1 amide bonds. The van der Waals surface area contributed by atoms with Gasteiger partial charge in [-0.2, -0.15) is 0 Å². The highest BCUT2D eigenvalue weighted by Gasteiger charge is 2.43. The maximum Gasteiger partial charge on any atom is 0.248 e. The first kappa shape index (κ1) is 12.6. The van der Waals surface area contributed by atoms with Crippen LogP contribution in [0.3, 0.4) is 0 Å². The summed E-state index contributed by atoms with van der Waals surface area (Å²) in [4.78, 5) is 17.8. The number of nitrogens with zero attached hydrogens (tertiary/aromatic N) is 2. The van der Waals surface area contributed by atoms with Crippen LogP contribution in [0.5, 0.6) is 0 Å². The molecule has 3 atom stereocenters. The van der Waals surface area contributed by atoms with Crippen LogP contribution in [0.4, 0.5) is 0 Å². The molecule has 1 saturated carbocycles. The largest absolute Gasteiger partial charge is 0.387 e. The molecule has 1 aromatic rings. The number of hydrogen-bond donors (Lipinski definition) is 1. The smallest absolute Gasteiger partial charge is 0.248 e. The minimum atomic E-state index is -0.357. The maximum atomic E-state index is 11.6. The minimum absolute atomic E-state index is 0.119. The Hall–Kier alpha value is -1.42. The van der Waals surface area contributed by atoms with Gasteiger partial charge in [-0.1, -0.05) is 6.07 Å². The number of pyridine rings is 1. The van der Waals surface area contributed by atoms with Gasteiger partial charge in [0.1, 0.15) is 6.61 Å². The fraction of sp³-hybridized carbons (Fsp3) is 0.600. The number of carbonyl (C=O) groups is 1. The van der Waals surface area contributed by atoms with Gasteiger partial charge in [-0.3, -0.25) is 9.78 Å². The summed E-state index contributed by atoms with van der Waals surface area (Å²) >= 11 is 0. The van der Waals surface area contributed by atoms with E-state index in [4.69, 9.17) is 5.11 Å². The van der Waals surface area contributed by atoms with Crippen LogP contribution in [0.2, 0.25) is 0 Å². The van der Waals surface area contributed by atoms with Crippen molar-refractivity contribution < 1.29 is 9.90 Å². The molecule has 2 heterocycles. The Morgan fingerprint density at radius 2 is 2.26 bits per heavy atom. The molecule has 4 nitrogen and oxygen atoms in total. The summed E-state index contributed by atoms with van der Waals surface area (Å²) in [5.41, 5.74) is 1.15. The predicted molar refractivity (Wildman–Crippen MR) is 71.3 cm³/mol. The molecular weight excluding hydrogens is 240 g/mol. The summed E-state index contributed by atoms with van der Waals surface area (Å²) in [5.74, 6) is 1.74. The Kier molecular flexibility index (Phi) is 3.51. The van der Waals surface area contributed by atoms with E-state index < -0.39 is 0 Å². The van der Waals surface area contributed by atoms with Crippen LogP contribution in [-0.2, 0) is 11.2 Å². The van der Waals surface area contributed by atoms with Crippen LogP contribution < -0.4 is 0 Å². The Morgan fingerprint density at radius 1 is 1.37 bits per heavy atom. The number of aliphatic hydroxyl groups is 1. The number of hydrogen-bond acceptors (Lipinski definition) is 3. The molecular formula is C15H20N2O2. The van der Waals surface area contributed by atoms with Crippen molar-refractivity contribution in [1.82, 2.24) is 9.88 Å². The van der Waals surface area contributed by atoms with E-state index in [0.717, 1.165) is 25.2 Å². The molecule has 2 aliphatic rings. The number of amides is 1. The van der Waals surface area contributed by atoms with Crippen LogP contribution >= 0.6 is 0 Å². The van der Waals surface area contributed by atoms with Crippen molar-refractivity contribution in [2.45, 2.75) is 19.3 Å². The zero-order valence-corrected chi connectivity index (χ0v) is 11.0. The molecule has 19 heavy (non-hydrogen) atoms. The lowest BCUT2D eigenvalue weighted by Gasteiger charge is -2.20. The van der Waals surface area contributed by atoms with Crippen LogP contribution in [-0.4, -0.2) is 40.6 Å². The van der Waals surface area contributed by atoms with E-state index in [9.17, 15) is 4.79 Å². The van der Waals surface area contributed by atoms with E-state index in [1.807, 2.05) is 23.2 Å². The molecule has 3 rings (SSSR count). The SMILES string of the molecule is O=C(CO)N1C[C@H]2CC[C@H](Cc3ccccn3)[C@H]2C1. The van der Waals surface area contributed by atoms with Gasteiger partial charge in [0, 0.05) is 25.0 Å². The second-order valence-corrected chi connectivity index (χ2v) is 5.74. The van der Waals surface area contributed by atoms with Crippen molar-refractivity contribution in [2.24, 2.45) is 17.8 Å². The first-order chi connectivity index (χ1) is 9.28. The minimum Gasteiger partial charge on any atom is -0.387 e. The van der Waals surface area contributed by atoms with E-state index in [1.165, 1.54) is 12.8 Å². The molecule has 102 valence electrons. The Morgan fingerprint density at radius 3 is 3.00 bits per heavy atom. The third kappa shape index (κ3) is 2.50. The van der Waals surface area contributed by atoms with Crippen molar-refractivity contribution in [3.8, 4) is 0 Å². The molecule has 2 fully saturated rings. The van der Waals surface area contributed by atoms with E-state index in [-0.39, 0.29) is 12.5 Å². The molecule has 1 saturated heterocycles. The van der Waals surface area contributed by atoms with Crippen molar-refractivity contribution in [1.29, 1.82) is 0 Å².